The topological polar surface area (TPSA) is 72.1 Å². The molecule has 0 radical (unpaired) electrons. The number of benzene rings is 1. The predicted octanol–water partition coefficient (Wildman–Crippen LogP) is 2.49. The normalized spacial score (nSPS) is 10.5. The van der Waals surface area contributed by atoms with Gasteiger partial charge in [-0.15, -0.1) is 0 Å². The lowest BCUT2D eigenvalue weighted by atomic mass is 10.1. The Bertz CT molecular complexity index is 811. The second-order valence-electron chi connectivity index (χ2n) is 4.67. The molecule has 3 rings (SSSR count). The van der Waals surface area contributed by atoms with E-state index in [0.717, 1.165) is 10.9 Å². The molecule has 0 aliphatic rings. The number of pyridine rings is 2. The second-order valence-corrected chi connectivity index (χ2v) is 4.67. The zero-order valence-corrected chi connectivity index (χ0v) is 11.5. The van der Waals surface area contributed by atoms with Gasteiger partial charge in [0, 0.05) is 24.8 Å². The summed E-state index contributed by atoms with van der Waals surface area (Å²) in [6.07, 6.45) is 4.78. The fourth-order valence-electron chi connectivity index (χ4n) is 2.28. The number of anilines is 2. The molecule has 0 spiro atoms. The zero-order chi connectivity index (χ0) is 14.8. The molecule has 2 heterocycles. The van der Waals surface area contributed by atoms with Crippen molar-refractivity contribution >= 4 is 28.2 Å². The van der Waals surface area contributed by atoms with Gasteiger partial charge in [-0.25, -0.2) is 0 Å². The number of hydrogen-bond acceptors (Lipinski definition) is 4. The van der Waals surface area contributed by atoms with Crippen LogP contribution >= 0.6 is 0 Å². The minimum atomic E-state index is -0.133. The number of para-hydroxylation sites is 1. The van der Waals surface area contributed by atoms with Crippen LogP contribution in [0.25, 0.3) is 10.9 Å². The lowest BCUT2D eigenvalue weighted by Crippen LogP contribution is -2.27. The van der Waals surface area contributed by atoms with Crippen LogP contribution in [0.1, 0.15) is 10.4 Å². The summed E-state index contributed by atoms with van der Waals surface area (Å²) >= 11 is 0. The van der Waals surface area contributed by atoms with E-state index < -0.39 is 0 Å². The van der Waals surface area contributed by atoms with Crippen molar-refractivity contribution in [3.63, 3.8) is 0 Å². The highest BCUT2D eigenvalue weighted by Gasteiger charge is 2.17. The van der Waals surface area contributed by atoms with Crippen LogP contribution < -0.4 is 10.6 Å². The Labute approximate surface area is 122 Å². The maximum atomic E-state index is 12.7. The number of nitrogens with two attached hydrogens (primary N) is 1. The third-order valence-electron chi connectivity index (χ3n) is 3.37. The zero-order valence-electron chi connectivity index (χ0n) is 11.5. The van der Waals surface area contributed by atoms with Gasteiger partial charge < -0.3 is 10.6 Å². The van der Waals surface area contributed by atoms with E-state index in [1.54, 1.807) is 31.6 Å². The van der Waals surface area contributed by atoms with Gasteiger partial charge in [0.05, 0.1) is 28.7 Å². The van der Waals surface area contributed by atoms with Crippen molar-refractivity contribution in [3.8, 4) is 0 Å². The van der Waals surface area contributed by atoms with E-state index in [4.69, 9.17) is 5.73 Å². The number of amides is 1. The minimum absolute atomic E-state index is 0.133. The summed E-state index contributed by atoms with van der Waals surface area (Å²) in [4.78, 5) is 22.5. The third-order valence-corrected chi connectivity index (χ3v) is 3.37. The number of nitrogens with zero attached hydrogens (tertiary/aromatic N) is 3. The Morgan fingerprint density at radius 3 is 2.76 bits per heavy atom. The molecular weight excluding hydrogens is 264 g/mol. The van der Waals surface area contributed by atoms with Gasteiger partial charge in [0.15, 0.2) is 0 Å². The first kappa shape index (κ1) is 13.1. The van der Waals surface area contributed by atoms with Crippen LogP contribution in [0.15, 0.2) is 55.0 Å². The molecule has 0 atom stereocenters. The molecule has 5 nitrogen and oxygen atoms in total. The highest BCUT2D eigenvalue weighted by molar-refractivity contribution is 6.14. The van der Waals surface area contributed by atoms with Crippen LogP contribution in [-0.4, -0.2) is 22.9 Å². The van der Waals surface area contributed by atoms with E-state index in [2.05, 4.69) is 9.97 Å². The van der Waals surface area contributed by atoms with Gasteiger partial charge in [-0.3, -0.25) is 14.8 Å². The summed E-state index contributed by atoms with van der Waals surface area (Å²) in [5, 5.41) is 0.824. The number of aromatic nitrogens is 2. The van der Waals surface area contributed by atoms with Crippen molar-refractivity contribution in [2.75, 3.05) is 17.7 Å². The van der Waals surface area contributed by atoms with Gasteiger partial charge in [0.1, 0.15) is 0 Å². The molecule has 104 valence electrons. The van der Waals surface area contributed by atoms with Crippen LogP contribution in [0.3, 0.4) is 0 Å². The summed E-state index contributed by atoms with van der Waals surface area (Å²) in [6, 6.07) is 11.0. The first-order chi connectivity index (χ1) is 10.2. The fourth-order valence-corrected chi connectivity index (χ4v) is 2.28. The van der Waals surface area contributed by atoms with Crippen LogP contribution in [0, 0.1) is 0 Å². The molecule has 2 N–H and O–H groups in total. The highest BCUT2D eigenvalue weighted by Crippen LogP contribution is 2.24. The molecule has 0 unspecified atom stereocenters. The van der Waals surface area contributed by atoms with E-state index in [-0.39, 0.29) is 5.91 Å². The fraction of sp³-hybridized carbons (Fsp3) is 0.0625. The monoisotopic (exact) mass is 278 g/mol. The van der Waals surface area contributed by atoms with E-state index in [0.29, 0.717) is 16.9 Å². The quantitative estimate of drug-likeness (QED) is 0.781. The Kier molecular flexibility index (Phi) is 3.23. The van der Waals surface area contributed by atoms with Crippen molar-refractivity contribution in [3.05, 3.63) is 60.6 Å². The summed E-state index contributed by atoms with van der Waals surface area (Å²) < 4.78 is 0. The maximum absolute atomic E-state index is 12.7. The first-order valence-corrected chi connectivity index (χ1v) is 6.50. The molecule has 21 heavy (non-hydrogen) atoms. The minimum Gasteiger partial charge on any atom is -0.396 e. The molecule has 5 heteroatoms. The molecule has 1 aromatic carbocycles. The second kappa shape index (κ2) is 5.20. The van der Waals surface area contributed by atoms with E-state index in [9.17, 15) is 4.79 Å². The lowest BCUT2D eigenvalue weighted by Gasteiger charge is -2.19. The number of nitrogen functional groups attached to an aromatic ring is 1. The Balaban J connectivity index is 2.07. The number of carbonyl (C=O) groups is 1. The van der Waals surface area contributed by atoms with Gasteiger partial charge in [-0.2, -0.15) is 0 Å². The largest absolute Gasteiger partial charge is 0.396 e. The van der Waals surface area contributed by atoms with E-state index >= 15 is 0 Å². The van der Waals surface area contributed by atoms with Crippen molar-refractivity contribution < 1.29 is 4.79 Å². The third kappa shape index (κ3) is 2.29. The van der Waals surface area contributed by atoms with Crippen LogP contribution in [0.4, 0.5) is 11.4 Å². The van der Waals surface area contributed by atoms with Crippen molar-refractivity contribution in [1.82, 2.24) is 9.97 Å². The number of fused-ring (bicyclic) bond motifs is 1. The average molecular weight is 278 g/mol. The average Bonchev–Trinajstić information content (AvgIpc) is 2.53. The van der Waals surface area contributed by atoms with Gasteiger partial charge in [-0.05, 0) is 18.2 Å². The number of hydrogen-bond donors (Lipinski definition) is 1. The molecule has 2 aromatic heterocycles. The van der Waals surface area contributed by atoms with Crippen LogP contribution in [0.5, 0.6) is 0 Å². The molecule has 3 aromatic rings. The smallest absolute Gasteiger partial charge is 0.258 e. The van der Waals surface area contributed by atoms with Crippen molar-refractivity contribution in [2.45, 2.75) is 0 Å². The lowest BCUT2D eigenvalue weighted by molar-refractivity contribution is 0.0994. The summed E-state index contributed by atoms with van der Waals surface area (Å²) in [7, 11) is 1.70. The Morgan fingerprint density at radius 1 is 1.14 bits per heavy atom. The SMILES string of the molecule is CN(C(=O)c1ccnc2ccccc12)c1ccncc1N. The first-order valence-electron chi connectivity index (χ1n) is 6.50. The summed E-state index contributed by atoms with van der Waals surface area (Å²) in [5.74, 6) is -0.133. The molecule has 0 aliphatic heterocycles. The number of carbonyl (C=O) groups excluding carboxylic acids is 1. The molecule has 1 amide bonds. The van der Waals surface area contributed by atoms with Crippen molar-refractivity contribution in [1.29, 1.82) is 0 Å². The highest BCUT2D eigenvalue weighted by atomic mass is 16.2. The van der Waals surface area contributed by atoms with E-state index in [1.165, 1.54) is 11.1 Å². The Hall–Kier alpha value is -2.95. The van der Waals surface area contributed by atoms with Crippen molar-refractivity contribution in [2.24, 2.45) is 0 Å². The molecule has 0 aliphatic carbocycles. The molecule has 0 saturated carbocycles. The molecular formula is C16H14N4O. The Morgan fingerprint density at radius 2 is 1.95 bits per heavy atom. The molecule has 0 fully saturated rings. The van der Waals surface area contributed by atoms with Gasteiger partial charge in [0.2, 0.25) is 0 Å². The summed E-state index contributed by atoms with van der Waals surface area (Å²) in [5.41, 5.74) is 8.37. The maximum Gasteiger partial charge on any atom is 0.258 e. The predicted molar refractivity (Wildman–Crippen MR) is 83.1 cm³/mol. The molecule has 0 bridgehead atoms. The van der Waals surface area contributed by atoms with Gasteiger partial charge in [0.25, 0.3) is 5.91 Å². The van der Waals surface area contributed by atoms with Gasteiger partial charge >= 0.3 is 0 Å². The van der Waals surface area contributed by atoms with Crippen LogP contribution in [0.2, 0.25) is 0 Å². The summed E-state index contributed by atoms with van der Waals surface area (Å²) in [6.45, 7) is 0. The van der Waals surface area contributed by atoms with E-state index in [1.807, 2.05) is 24.3 Å². The standard InChI is InChI=1S/C16H14N4O/c1-20(15-7-8-18-10-13(15)17)16(21)12-6-9-19-14-5-3-2-4-11(12)14/h2-10H,17H2,1H3. The number of rotatable bonds is 2. The molecule has 0 saturated heterocycles. The van der Waals surface area contributed by atoms with Crippen LogP contribution in [-0.2, 0) is 0 Å². The van der Waals surface area contributed by atoms with Gasteiger partial charge in [-0.1, -0.05) is 18.2 Å².